The Hall–Kier alpha value is -3.02. The van der Waals surface area contributed by atoms with Crippen molar-refractivity contribution >= 4 is 23.2 Å². The summed E-state index contributed by atoms with van der Waals surface area (Å²) in [6, 6.07) is 12.0. The Morgan fingerprint density at radius 1 is 1.00 bits per heavy atom. The summed E-state index contributed by atoms with van der Waals surface area (Å²) < 4.78 is 10.5. The summed E-state index contributed by atoms with van der Waals surface area (Å²) in [6.07, 6.45) is 1.23. The fraction of sp³-hybridized carbons (Fsp3) is 0.222. The van der Waals surface area contributed by atoms with Crippen LogP contribution in [0.1, 0.15) is 30.1 Å². The van der Waals surface area contributed by atoms with Gasteiger partial charge in [-0.1, -0.05) is 13.0 Å². The molecule has 0 fully saturated rings. The van der Waals surface area contributed by atoms with E-state index in [9.17, 15) is 9.59 Å². The minimum atomic E-state index is -0.263. The summed E-state index contributed by atoms with van der Waals surface area (Å²) in [4.78, 5) is 24.0. The quantitative estimate of drug-likeness (QED) is 0.883. The molecule has 0 saturated carbocycles. The second kappa shape index (κ2) is 7.04. The van der Waals surface area contributed by atoms with E-state index >= 15 is 0 Å². The van der Waals surface area contributed by atoms with E-state index in [1.165, 1.54) is 0 Å². The van der Waals surface area contributed by atoms with Crippen molar-refractivity contribution in [2.45, 2.75) is 19.8 Å². The molecule has 24 heavy (non-hydrogen) atoms. The Morgan fingerprint density at radius 3 is 2.62 bits per heavy atom. The van der Waals surface area contributed by atoms with E-state index < -0.39 is 0 Å². The van der Waals surface area contributed by atoms with Gasteiger partial charge in [-0.3, -0.25) is 9.59 Å². The van der Waals surface area contributed by atoms with Crippen LogP contribution in [0.4, 0.5) is 11.4 Å². The van der Waals surface area contributed by atoms with Crippen LogP contribution in [0.25, 0.3) is 0 Å². The lowest BCUT2D eigenvalue weighted by Crippen LogP contribution is -2.14. The topological polar surface area (TPSA) is 76.7 Å². The number of rotatable bonds is 5. The van der Waals surface area contributed by atoms with Gasteiger partial charge in [0.1, 0.15) is 0 Å². The highest BCUT2D eigenvalue weighted by molar-refractivity contribution is 6.05. The first-order valence-corrected chi connectivity index (χ1v) is 7.76. The van der Waals surface area contributed by atoms with Gasteiger partial charge in [0.05, 0.1) is 0 Å². The summed E-state index contributed by atoms with van der Waals surface area (Å²) in [5.74, 6) is 0.938. The average Bonchev–Trinajstić information content (AvgIpc) is 3.03. The third-order valence-electron chi connectivity index (χ3n) is 3.52. The largest absolute Gasteiger partial charge is 0.454 e. The highest BCUT2D eigenvalue weighted by Crippen LogP contribution is 2.34. The lowest BCUT2D eigenvalue weighted by Gasteiger charge is -2.09. The van der Waals surface area contributed by atoms with Gasteiger partial charge in [-0.25, -0.2) is 0 Å². The number of benzene rings is 2. The Bertz CT molecular complexity index is 773. The molecule has 0 unspecified atom stereocenters. The van der Waals surface area contributed by atoms with Gasteiger partial charge in [0.25, 0.3) is 5.91 Å². The summed E-state index contributed by atoms with van der Waals surface area (Å²) in [5.41, 5.74) is 1.68. The summed E-state index contributed by atoms with van der Waals surface area (Å²) >= 11 is 0. The number of nitrogens with one attached hydrogen (secondary N) is 2. The van der Waals surface area contributed by atoms with E-state index in [-0.39, 0.29) is 18.6 Å². The molecule has 124 valence electrons. The van der Waals surface area contributed by atoms with Crippen LogP contribution < -0.4 is 20.1 Å². The SMILES string of the molecule is CCCC(=O)Nc1cccc(C(=O)Nc2ccc3c(c2)OCO3)c1. The molecule has 2 N–H and O–H groups in total. The van der Waals surface area contributed by atoms with Crippen molar-refractivity contribution in [2.75, 3.05) is 17.4 Å². The summed E-state index contributed by atoms with van der Waals surface area (Å²) in [6.45, 7) is 2.13. The number of hydrogen-bond donors (Lipinski definition) is 2. The van der Waals surface area contributed by atoms with E-state index in [0.717, 1.165) is 6.42 Å². The average molecular weight is 326 g/mol. The molecule has 1 heterocycles. The molecule has 0 spiro atoms. The lowest BCUT2D eigenvalue weighted by atomic mass is 10.1. The number of carbonyl (C=O) groups is 2. The zero-order valence-corrected chi connectivity index (χ0v) is 13.3. The van der Waals surface area contributed by atoms with Crippen molar-refractivity contribution in [3.63, 3.8) is 0 Å². The molecule has 1 aliphatic rings. The van der Waals surface area contributed by atoms with Crippen LogP contribution in [0.2, 0.25) is 0 Å². The number of ether oxygens (including phenoxy) is 2. The smallest absolute Gasteiger partial charge is 0.255 e. The molecule has 2 amide bonds. The molecular weight excluding hydrogens is 308 g/mol. The summed E-state index contributed by atoms with van der Waals surface area (Å²) in [7, 11) is 0. The van der Waals surface area contributed by atoms with E-state index in [1.807, 2.05) is 6.92 Å². The normalized spacial score (nSPS) is 11.9. The second-order valence-corrected chi connectivity index (χ2v) is 5.40. The van der Waals surface area contributed by atoms with Crippen LogP contribution in [0, 0.1) is 0 Å². The summed E-state index contributed by atoms with van der Waals surface area (Å²) in [5, 5.41) is 5.59. The van der Waals surface area contributed by atoms with Gasteiger partial charge in [-0.15, -0.1) is 0 Å². The van der Waals surface area contributed by atoms with E-state index in [0.29, 0.717) is 34.9 Å². The van der Waals surface area contributed by atoms with Crippen molar-refractivity contribution in [3.05, 3.63) is 48.0 Å². The van der Waals surface area contributed by atoms with Crippen LogP contribution in [0.3, 0.4) is 0 Å². The number of anilines is 2. The van der Waals surface area contributed by atoms with Gasteiger partial charge in [0.2, 0.25) is 12.7 Å². The van der Waals surface area contributed by atoms with Gasteiger partial charge >= 0.3 is 0 Å². The molecule has 2 aromatic carbocycles. The molecule has 2 aromatic rings. The Balaban J connectivity index is 1.69. The van der Waals surface area contributed by atoms with Crippen LogP contribution in [0.15, 0.2) is 42.5 Å². The maximum absolute atomic E-state index is 12.4. The predicted molar refractivity (Wildman–Crippen MR) is 90.5 cm³/mol. The molecule has 0 aromatic heterocycles. The molecule has 6 nitrogen and oxygen atoms in total. The molecule has 0 aliphatic carbocycles. The highest BCUT2D eigenvalue weighted by atomic mass is 16.7. The first kappa shape index (κ1) is 15.9. The molecule has 6 heteroatoms. The molecular formula is C18H18N2O4. The predicted octanol–water partition coefficient (Wildman–Crippen LogP) is 3.41. The third-order valence-corrected chi connectivity index (χ3v) is 3.52. The number of amides is 2. The van der Waals surface area contributed by atoms with Crippen LogP contribution in [-0.4, -0.2) is 18.6 Å². The first-order valence-electron chi connectivity index (χ1n) is 7.76. The first-order chi connectivity index (χ1) is 11.7. The lowest BCUT2D eigenvalue weighted by molar-refractivity contribution is -0.116. The van der Waals surface area contributed by atoms with Gasteiger partial charge in [-0.05, 0) is 36.8 Å². The van der Waals surface area contributed by atoms with Crippen LogP contribution >= 0.6 is 0 Å². The zero-order valence-electron chi connectivity index (χ0n) is 13.3. The van der Waals surface area contributed by atoms with E-state index in [1.54, 1.807) is 42.5 Å². The van der Waals surface area contributed by atoms with Gasteiger partial charge in [0, 0.05) is 29.4 Å². The fourth-order valence-corrected chi connectivity index (χ4v) is 2.37. The van der Waals surface area contributed by atoms with E-state index in [4.69, 9.17) is 9.47 Å². The van der Waals surface area contributed by atoms with Crippen LogP contribution in [-0.2, 0) is 4.79 Å². The maximum Gasteiger partial charge on any atom is 0.255 e. The Morgan fingerprint density at radius 2 is 1.79 bits per heavy atom. The molecule has 0 radical (unpaired) electrons. The Kier molecular flexibility index (Phi) is 4.65. The minimum Gasteiger partial charge on any atom is -0.454 e. The standard InChI is InChI=1S/C18H18N2O4/c1-2-4-17(21)19-13-6-3-5-12(9-13)18(22)20-14-7-8-15-16(10-14)24-11-23-15/h3,5-10H,2,4,11H2,1H3,(H,19,21)(H,20,22). The molecule has 1 aliphatic heterocycles. The van der Waals surface area contributed by atoms with Crippen molar-refractivity contribution in [3.8, 4) is 11.5 Å². The zero-order chi connectivity index (χ0) is 16.9. The Labute approximate surface area is 139 Å². The van der Waals surface area contributed by atoms with Crippen molar-refractivity contribution in [1.82, 2.24) is 0 Å². The molecule has 3 rings (SSSR count). The van der Waals surface area contributed by atoms with Crippen molar-refractivity contribution in [2.24, 2.45) is 0 Å². The monoisotopic (exact) mass is 326 g/mol. The van der Waals surface area contributed by atoms with Gasteiger partial charge in [-0.2, -0.15) is 0 Å². The fourth-order valence-electron chi connectivity index (χ4n) is 2.37. The van der Waals surface area contributed by atoms with E-state index in [2.05, 4.69) is 10.6 Å². The van der Waals surface area contributed by atoms with Gasteiger partial charge in [0.15, 0.2) is 11.5 Å². The highest BCUT2D eigenvalue weighted by Gasteiger charge is 2.15. The number of hydrogen-bond acceptors (Lipinski definition) is 4. The third kappa shape index (κ3) is 3.65. The number of carbonyl (C=O) groups excluding carboxylic acids is 2. The van der Waals surface area contributed by atoms with Crippen molar-refractivity contribution < 1.29 is 19.1 Å². The van der Waals surface area contributed by atoms with Crippen LogP contribution in [0.5, 0.6) is 11.5 Å². The number of fused-ring (bicyclic) bond motifs is 1. The minimum absolute atomic E-state index is 0.0640. The molecule has 0 bridgehead atoms. The molecule has 0 saturated heterocycles. The second-order valence-electron chi connectivity index (χ2n) is 5.40. The van der Waals surface area contributed by atoms with Crippen molar-refractivity contribution in [1.29, 1.82) is 0 Å². The maximum atomic E-state index is 12.4. The van der Waals surface area contributed by atoms with Gasteiger partial charge < -0.3 is 20.1 Å². The molecule has 0 atom stereocenters.